The van der Waals surface area contributed by atoms with Crippen LogP contribution in [0.15, 0.2) is 82.3 Å². The van der Waals surface area contributed by atoms with Crippen LogP contribution in [-0.2, 0) is 0 Å². The van der Waals surface area contributed by atoms with Gasteiger partial charge in [-0.15, -0.1) is 0 Å². The molecule has 0 radical (unpaired) electrons. The lowest BCUT2D eigenvalue weighted by Gasteiger charge is -2.31. The molecule has 0 aliphatic carbocycles. The van der Waals surface area contributed by atoms with Gasteiger partial charge < -0.3 is 9.84 Å². The minimum absolute atomic E-state index is 0.0375. The third-order valence-corrected chi connectivity index (χ3v) is 5.49. The Kier molecular flexibility index (Phi) is 5.46. The molecule has 2 atom stereocenters. The first kappa shape index (κ1) is 18.7. The lowest BCUT2D eigenvalue weighted by molar-refractivity contribution is 0.412. The van der Waals surface area contributed by atoms with E-state index >= 15 is 0 Å². The van der Waals surface area contributed by atoms with E-state index in [2.05, 4.69) is 33.4 Å². The van der Waals surface area contributed by atoms with E-state index in [4.69, 9.17) is 9.73 Å². The van der Waals surface area contributed by atoms with Crippen molar-refractivity contribution >= 4 is 21.6 Å². The lowest BCUT2D eigenvalue weighted by Crippen LogP contribution is -2.33. The predicted molar refractivity (Wildman–Crippen MR) is 115 cm³/mol. The number of rotatable bonds is 4. The number of ether oxygens (including phenoxy) is 1. The Morgan fingerprint density at radius 3 is 2.39 bits per heavy atom. The molecular formula is C23H21BrN2O2. The highest BCUT2D eigenvalue weighted by Gasteiger charge is 2.27. The highest BCUT2D eigenvalue weighted by Crippen LogP contribution is 2.34. The number of phenols is 1. The fourth-order valence-corrected chi connectivity index (χ4v) is 3.73. The monoisotopic (exact) mass is 436 g/mol. The minimum atomic E-state index is -0.191. The number of nitrogens with one attached hydrogen (secondary N) is 1. The van der Waals surface area contributed by atoms with E-state index in [1.54, 1.807) is 13.2 Å². The number of methoxy groups -OCH3 is 1. The molecule has 0 fully saturated rings. The molecule has 142 valence electrons. The third-order valence-electron chi connectivity index (χ3n) is 4.96. The van der Waals surface area contributed by atoms with Crippen LogP contribution in [0.4, 0.5) is 0 Å². The fourth-order valence-electron chi connectivity index (χ4n) is 3.46. The number of halogens is 1. The van der Waals surface area contributed by atoms with Crippen molar-refractivity contribution in [1.29, 1.82) is 0 Å². The van der Waals surface area contributed by atoms with Gasteiger partial charge in [-0.1, -0.05) is 46.3 Å². The van der Waals surface area contributed by atoms with Crippen molar-refractivity contribution in [2.45, 2.75) is 18.6 Å². The Hall–Kier alpha value is -2.63. The average Bonchev–Trinajstić information content (AvgIpc) is 2.74. The van der Waals surface area contributed by atoms with Crippen LogP contribution in [0.5, 0.6) is 11.5 Å². The van der Waals surface area contributed by atoms with E-state index in [-0.39, 0.29) is 12.2 Å². The molecule has 1 aliphatic rings. The summed E-state index contributed by atoms with van der Waals surface area (Å²) in [5.74, 6) is 1.12. The fraction of sp³-hybridized carbons (Fsp3) is 0.174. The van der Waals surface area contributed by atoms with Gasteiger partial charge in [-0.3, -0.25) is 10.3 Å². The first-order valence-corrected chi connectivity index (χ1v) is 9.94. The van der Waals surface area contributed by atoms with Gasteiger partial charge >= 0.3 is 0 Å². The first-order valence-electron chi connectivity index (χ1n) is 9.14. The Bertz CT molecular complexity index is 984. The van der Waals surface area contributed by atoms with Crippen molar-refractivity contribution < 1.29 is 9.84 Å². The van der Waals surface area contributed by atoms with Gasteiger partial charge in [0.25, 0.3) is 0 Å². The summed E-state index contributed by atoms with van der Waals surface area (Å²) in [7, 11) is 1.66. The largest absolute Gasteiger partial charge is 0.508 e. The van der Waals surface area contributed by atoms with Gasteiger partial charge in [0.15, 0.2) is 0 Å². The average molecular weight is 437 g/mol. The maximum Gasteiger partial charge on any atom is 0.126 e. The van der Waals surface area contributed by atoms with Crippen molar-refractivity contribution in [2.24, 2.45) is 4.99 Å². The van der Waals surface area contributed by atoms with Crippen LogP contribution in [0.1, 0.15) is 35.3 Å². The molecule has 1 heterocycles. The van der Waals surface area contributed by atoms with Crippen molar-refractivity contribution in [3.8, 4) is 11.5 Å². The van der Waals surface area contributed by atoms with Crippen molar-refractivity contribution in [3.05, 3.63) is 94.0 Å². The van der Waals surface area contributed by atoms with E-state index in [1.165, 1.54) is 0 Å². The molecule has 3 aromatic carbocycles. The SMILES string of the molecule is COc1ccc(C2=N[C@H](c3ccc(Br)cc3)N[C@H](c3ccccc3O)C2)cc1. The van der Waals surface area contributed by atoms with Crippen LogP contribution in [0.2, 0.25) is 0 Å². The third kappa shape index (κ3) is 3.96. The van der Waals surface area contributed by atoms with E-state index < -0.39 is 0 Å². The molecule has 0 spiro atoms. The molecule has 0 amide bonds. The second-order valence-corrected chi connectivity index (χ2v) is 7.66. The summed E-state index contributed by atoms with van der Waals surface area (Å²) in [4.78, 5) is 4.98. The van der Waals surface area contributed by atoms with Gasteiger partial charge in [0.2, 0.25) is 0 Å². The zero-order chi connectivity index (χ0) is 19.5. The lowest BCUT2D eigenvalue weighted by atomic mass is 9.93. The normalized spacial score (nSPS) is 19.1. The van der Waals surface area contributed by atoms with E-state index in [9.17, 15) is 5.11 Å². The predicted octanol–water partition coefficient (Wildman–Crippen LogP) is 5.39. The molecule has 0 unspecified atom stereocenters. The van der Waals surface area contributed by atoms with Crippen LogP contribution in [0.3, 0.4) is 0 Å². The number of hydrogen-bond acceptors (Lipinski definition) is 4. The van der Waals surface area contributed by atoms with E-state index in [0.29, 0.717) is 12.2 Å². The zero-order valence-corrected chi connectivity index (χ0v) is 17.1. The quantitative estimate of drug-likeness (QED) is 0.576. The second kappa shape index (κ2) is 8.17. The second-order valence-electron chi connectivity index (χ2n) is 6.74. The Morgan fingerprint density at radius 1 is 1.00 bits per heavy atom. The van der Waals surface area contributed by atoms with Gasteiger partial charge in [0.05, 0.1) is 7.11 Å². The molecular weight excluding hydrogens is 416 g/mol. The molecule has 0 aromatic heterocycles. The number of aromatic hydroxyl groups is 1. The molecule has 4 rings (SSSR count). The molecule has 28 heavy (non-hydrogen) atoms. The van der Waals surface area contributed by atoms with Crippen LogP contribution >= 0.6 is 15.9 Å². The van der Waals surface area contributed by atoms with Crippen LogP contribution in [0, 0.1) is 0 Å². The zero-order valence-electron chi connectivity index (χ0n) is 15.5. The van der Waals surface area contributed by atoms with Crippen molar-refractivity contribution in [2.75, 3.05) is 7.11 Å². The molecule has 5 heteroatoms. The van der Waals surface area contributed by atoms with Crippen LogP contribution < -0.4 is 10.1 Å². The molecule has 1 aliphatic heterocycles. The first-order chi connectivity index (χ1) is 13.6. The van der Waals surface area contributed by atoms with Gasteiger partial charge in [0, 0.05) is 28.2 Å². The summed E-state index contributed by atoms with van der Waals surface area (Å²) in [6.07, 6.45) is 0.500. The Balaban J connectivity index is 1.73. The molecule has 2 N–H and O–H groups in total. The summed E-state index contributed by atoms with van der Waals surface area (Å²) >= 11 is 3.49. The Morgan fingerprint density at radius 2 is 1.71 bits per heavy atom. The summed E-state index contributed by atoms with van der Waals surface area (Å²) in [6, 6.07) is 23.6. The molecule has 3 aromatic rings. The molecule has 0 saturated heterocycles. The highest BCUT2D eigenvalue weighted by atomic mass is 79.9. The summed E-state index contributed by atoms with van der Waals surface area (Å²) in [5, 5.41) is 14.0. The minimum Gasteiger partial charge on any atom is -0.508 e. The number of hydrogen-bond donors (Lipinski definition) is 2. The Labute approximate surface area is 173 Å². The topological polar surface area (TPSA) is 53.8 Å². The van der Waals surface area contributed by atoms with Crippen LogP contribution in [0.25, 0.3) is 0 Å². The molecule has 4 nitrogen and oxygen atoms in total. The number of phenolic OH excluding ortho intramolecular Hbond substituents is 1. The van der Waals surface area contributed by atoms with E-state index in [0.717, 1.165) is 32.6 Å². The van der Waals surface area contributed by atoms with E-state index in [1.807, 2.05) is 54.6 Å². The molecule has 0 bridgehead atoms. The maximum atomic E-state index is 10.4. The smallest absolute Gasteiger partial charge is 0.126 e. The number of nitrogens with zero attached hydrogens (tertiary/aromatic N) is 1. The summed E-state index contributed by atoms with van der Waals surface area (Å²) < 4.78 is 6.31. The van der Waals surface area contributed by atoms with Gasteiger partial charge in [-0.2, -0.15) is 0 Å². The van der Waals surface area contributed by atoms with Gasteiger partial charge in [-0.25, -0.2) is 0 Å². The number of para-hydroxylation sites is 1. The van der Waals surface area contributed by atoms with Crippen molar-refractivity contribution in [1.82, 2.24) is 5.32 Å². The number of benzene rings is 3. The molecule has 0 saturated carbocycles. The van der Waals surface area contributed by atoms with Gasteiger partial charge in [0.1, 0.15) is 17.7 Å². The highest BCUT2D eigenvalue weighted by molar-refractivity contribution is 9.10. The maximum absolute atomic E-state index is 10.4. The standard InChI is InChI=1S/C23H21BrN2O2/c1-28-18-12-8-15(9-13-18)20-14-21(19-4-2-3-5-22(19)27)26-23(25-20)16-6-10-17(24)11-7-16/h2-13,21,23,26-27H,14H2,1H3/t21-,23-/m0/s1. The van der Waals surface area contributed by atoms with Gasteiger partial charge in [-0.05, 0) is 53.6 Å². The van der Waals surface area contributed by atoms with Crippen molar-refractivity contribution in [3.63, 3.8) is 0 Å². The summed E-state index contributed by atoms with van der Waals surface area (Å²) in [5.41, 5.74) is 4.02. The van der Waals surface area contributed by atoms with Crippen LogP contribution in [-0.4, -0.2) is 17.9 Å². The summed E-state index contributed by atoms with van der Waals surface area (Å²) in [6.45, 7) is 0. The number of aliphatic imine (C=N–C) groups is 1.